The number of hydrogen-bond donors (Lipinski definition) is 3. The first-order chi connectivity index (χ1) is 10.5. The fraction of sp³-hybridized carbons (Fsp3) is 0.533. The van der Waals surface area contributed by atoms with Crippen molar-refractivity contribution in [1.82, 2.24) is 10.6 Å². The molecule has 1 heterocycles. The molecule has 22 heavy (non-hydrogen) atoms. The number of aliphatic hydroxyl groups is 1. The van der Waals surface area contributed by atoms with E-state index in [0.29, 0.717) is 30.0 Å². The van der Waals surface area contributed by atoms with Crippen LogP contribution in [0.4, 0.5) is 4.39 Å². The Labute approximate surface area is 128 Å². The Balaban J connectivity index is 2.12. The minimum absolute atomic E-state index is 0.266. The molecule has 0 radical (unpaired) electrons. The highest BCUT2D eigenvalue weighted by molar-refractivity contribution is 5.82. The van der Waals surface area contributed by atoms with E-state index in [1.165, 1.54) is 26.4 Å². The quantitative estimate of drug-likeness (QED) is 0.747. The lowest BCUT2D eigenvalue weighted by Gasteiger charge is -2.19. The molecule has 2 rings (SSSR count). The smallest absolute Gasteiger partial charge is 0.237 e. The van der Waals surface area contributed by atoms with Crippen LogP contribution in [-0.4, -0.2) is 43.9 Å². The van der Waals surface area contributed by atoms with Crippen LogP contribution in [-0.2, 0) is 4.79 Å². The zero-order valence-electron chi connectivity index (χ0n) is 12.9. The average molecular weight is 312 g/mol. The van der Waals surface area contributed by atoms with Gasteiger partial charge in [0, 0.05) is 18.2 Å². The van der Waals surface area contributed by atoms with E-state index < -0.39 is 24.0 Å². The maximum atomic E-state index is 14.2. The fourth-order valence-electron chi connectivity index (χ4n) is 2.51. The van der Waals surface area contributed by atoms with Gasteiger partial charge in [0.05, 0.1) is 32.4 Å². The highest BCUT2D eigenvalue weighted by Crippen LogP contribution is 2.32. The molecule has 1 saturated heterocycles. The SMILES string of the molecule is COc1cc(F)c(C(C)NC(=O)C2CC(O)CN2)cc1OC. The number of amides is 1. The summed E-state index contributed by atoms with van der Waals surface area (Å²) in [5.41, 5.74) is 0.310. The lowest BCUT2D eigenvalue weighted by molar-refractivity contribution is -0.123. The largest absolute Gasteiger partial charge is 0.493 e. The van der Waals surface area contributed by atoms with Gasteiger partial charge in [0.2, 0.25) is 5.91 Å². The Morgan fingerprint density at radius 3 is 2.59 bits per heavy atom. The van der Waals surface area contributed by atoms with Crippen LogP contribution in [0.2, 0.25) is 0 Å². The molecule has 1 aromatic carbocycles. The van der Waals surface area contributed by atoms with Crippen LogP contribution >= 0.6 is 0 Å². The molecule has 1 amide bonds. The number of rotatable bonds is 5. The van der Waals surface area contributed by atoms with Crippen molar-refractivity contribution in [2.75, 3.05) is 20.8 Å². The number of halogens is 1. The van der Waals surface area contributed by atoms with E-state index in [4.69, 9.17) is 9.47 Å². The van der Waals surface area contributed by atoms with Gasteiger partial charge in [0.1, 0.15) is 5.82 Å². The number of benzene rings is 1. The van der Waals surface area contributed by atoms with Crippen molar-refractivity contribution in [3.8, 4) is 11.5 Å². The van der Waals surface area contributed by atoms with E-state index in [1.807, 2.05) is 0 Å². The highest BCUT2D eigenvalue weighted by Gasteiger charge is 2.29. The Morgan fingerprint density at radius 1 is 1.41 bits per heavy atom. The Hall–Kier alpha value is -1.86. The molecule has 1 aromatic rings. The summed E-state index contributed by atoms with van der Waals surface area (Å²) in [6.45, 7) is 2.07. The maximum Gasteiger partial charge on any atom is 0.237 e. The molecule has 0 saturated carbocycles. The van der Waals surface area contributed by atoms with E-state index in [-0.39, 0.29) is 5.91 Å². The van der Waals surface area contributed by atoms with Crippen molar-refractivity contribution >= 4 is 5.91 Å². The van der Waals surface area contributed by atoms with Crippen LogP contribution in [0.5, 0.6) is 11.5 Å². The molecule has 3 atom stereocenters. The van der Waals surface area contributed by atoms with Gasteiger partial charge in [-0.3, -0.25) is 4.79 Å². The van der Waals surface area contributed by atoms with E-state index >= 15 is 0 Å². The van der Waals surface area contributed by atoms with Gasteiger partial charge in [0.15, 0.2) is 11.5 Å². The lowest BCUT2D eigenvalue weighted by atomic mass is 10.1. The molecule has 3 N–H and O–H groups in total. The van der Waals surface area contributed by atoms with Crippen LogP contribution < -0.4 is 20.1 Å². The minimum Gasteiger partial charge on any atom is -0.493 e. The summed E-state index contributed by atoms with van der Waals surface area (Å²) in [7, 11) is 2.89. The van der Waals surface area contributed by atoms with Crippen LogP contribution in [0.1, 0.15) is 24.9 Å². The van der Waals surface area contributed by atoms with Crippen molar-refractivity contribution in [1.29, 1.82) is 0 Å². The van der Waals surface area contributed by atoms with Crippen LogP contribution in [0.3, 0.4) is 0 Å². The summed E-state index contributed by atoms with van der Waals surface area (Å²) in [5, 5.41) is 15.1. The van der Waals surface area contributed by atoms with Crippen molar-refractivity contribution in [3.63, 3.8) is 0 Å². The molecular weight excluding hydrogens is 291 g/mol. The molecule has 3 unspecified atom stereocenters. The summed E-state index contributed by atoms with van der Waals surface area (Å²) in [4.78, 5) is 12.1. The predicted octanol–water partition coefficient (Wildman–Crippen LogP) is 0.743. The average Bonchev–Trinajstić information content (AvgIpc) is 2.93. The summed E-state index contributed by atoms with van der Waals surface area (Å²) in [6.07, 6.45) is -0.170. The van der Waals surface area contributed by atoms with Gasteiger partial charge in [-0.25, -0.2) is 4.39 Å². The van der Waals surface area contributed by atoms with Gasteiger partial charge in [-0.15, -0.1) is 0 Å². The topological polar surface area (TPSA) is 79.8 Å². The van der Waals surface area contributed by atoms with E-state index in [2.05, 4.69) is 10.6 Å². The van der Waals surface area contributed by atoms with Crippen LogP contribution in [0.25, 0.3) is 0 Å². The molecule has 6 nitrogen and oxygen atoms in total. The third kappa shape index (κ3) is 3.48. The molecular formula is C15H21FN2O4. The van der Waals surface area contributed by atoms with Crippen LogP contribution in [0, 0.1) is 5.82 Å². The zero-order chi connectivity index (χ0) is 16.3. The number of nitrogens with one attached hydrogen (secondary N) is 2. The van der Waals surface area contributed by atoms with Crippen LogP contribution in [0.15, 0.2) is 12.1 Å². The second kappa shape index (κ2) is 6.93. The number of methoxy groups -OCH3 is 2. The summed E-state index contributed by atoms with van der Waals surface area (Å²) in [6, 6.07) is 1.75. The maximum absolute atomic E-state index is 14.2. The predicted molar refractivity (Wildman–Crippen MR) is 78.5 cm³/mol. The highest BCUT2D eigenvalue weighted by atomic mass is 19.1. The van der Waals surface area contributed by atoms with Gasteiger partial charge >= 0.3 is 0 Å². The number of carbonyl (C=O) groups is 1. The second-order valence-corrected chi connectivity index (χ2v) is 5.31. The molecule has 122 valence electrons. The third-order valence-corrected chi connectivity index (χ3v) is 3.75. The molecule has 7 heteroatoms. The van der Waals surface area contributed by atoms with Gasteiger partial charge < -0.3 is 25.2 Å². The van der Waals surface area contributed by atoms with Crippen molar-refractivity contribution in [2.45, 2.75) is 31.5 Å². The second-order valence-electron chi connectivity index (χ2n) is 5.31. The number of β-amino-alcohol motifs (C(OH)–C–C–N with tert-alkyl or cyclic N) is 1. The molecule has 0 spiro atoms. The van der Waals surface area contributed by atoms with Gasteiger partial charge in [0.25, 0.3) is 0 Å². The molecule has 0 bridgehead atoms. The molecule has 0 aliphatic carbocycles. The summed E-state index contributed by atoms with van der Waals surface area (Å²) < 4.78 is 24.3. The lowest BCUT2D eigenvalue weighted by Crippen LogP contribution is -2.41. The number of hydrogen-bond acceptors (Lipinski definition) is 5. The molecule has 1 aliphatic heterocycles. The monoisotopic (exact) mass is 312 g/mol. The van der Waals surface area contributed by atoms with Crippen molar-refractivity contribution in [2.24, 2.45) is 0 Å². The summed E-state index contributed by atoms with van der Waals surface area (Å²) in [5.74, 6) is -0.0552. The first-order valence-electron chi connectivity index (χ1n) is 7.09. The molecule has 0 aromatic heterocycles. The van der Waals surface area contributed by atoms with E-state index in [0.717, 1.165) is 0 Å². The Bertz CT molecular complexity index is 553. The normalized spacial score (nSPS) is 22.2. The number of carbonyl (C=O) groups excluding carboxylic acids is 1. The van der Waals surface area contributed by atoms with Gasteiger partial charge in [-0.1, -0.05) is 0 Å². The Morgan fingerprint density at radius 2 is 2.05 bits per heavy atom. The van der Waals surface area contributed by atoms with Crippen molar-refractivity contribution < 1.29 is 23.8 Å². The summed E-state index contributed by atoms with van der Waals surface area (Å²) >= 11 is 0. The molecule has 1 aliphatic rings. The number of ether oxygens (including phenoxy) is 2. The first-order valence-corrected chi connectivity index (χ1v) is 7.09. The van der Waals surface area contributed by atoms with E-state index in [1.54, 1.807) is 6.92 Å². The van der Waals surface area contributed by atoms with Crippen molar-refractivity contribution in [3.05, 3.63) is 23.5 Å². The standard InChI is InChI=1S/C15H21FN2O4/c1-8(18-15(20)12-4-9(19)7-17-12)10-5-13(21-2)14(22-3)6-11(10)16/h5-6,8-9,12,17,19H,4,7H2,1-3H3,(H,18,20). The van der Waals surface area contributed by atoms with Gasteiger partial charge in [-0.05, 0) is 19.4 Å². The number of aliphatic hydroxyl groups excluding tert-OH is 1. The third-order valence-electron chi connectivity index (χ3n) is 3.75. The zero-order valence-corrected chi connectivity index (χ0v) is 12.9. The fourth-order valence-corrected chi connectivity index (χ4v) is 2.51. The van der Waals surface area contributed by atoms with Gasteiger partial charge in [-0.2, -0.15) is 0 Å². The first kappa shape index (κ1) is 16.5. The minimum atomic E-state index is -0.535. The Kier molecular flexibility index (Phi) is 5.20. The van der Waals surface area contributed by atoms with E-state index in [9.17, 15) is 14.3 Å². The molecule has 1 fully saturated rings.